The standard InChI is InChI=1S/C31H20ClN3/c32-26-19-17-25(18-20-26)31-34-29(23-8-2-1-3-9-23)33-30(35-31)24-15-13-22(14-16-24)28-12-6-10-21-7-4-5-11-27(21)28/h1-20H. The number of aromatic nitrogens is 3. The van der Waals surface area contributed by atoms with Crippen LogP contribution in [0.15, 0.2) is 121 Å². The Morgan fingerprint density at radius 3 is 1.54 bits per heavy atom. The molecule has 0 spiro atoms. The molecule has 0 fully saturated rings. The molecule has 5 aromatic carbocycles. The molecule has 0 amide bonds. The maximum Gasteiger partial charge on any atom is 0.164 e. The van der Waals surface area contributed by atoms with Gasteiger partial charge in [0.15, 0.2) is 17.5 Å². The van der Waals surface area contributed by atoms with Gasteiger partial charge in [-0.25, -0.2) is 15.0 Å². The van der Waals surface area contributed by atoms with Crippen molar-refractivity contribution < 1.29 is 0 Å². The van der Waals surface area contributed by atoms with Gasteiger partial charge in [0.2, 0.25) is 0 Å². The molecule has 0 radical (unpaired) electrons. The summed E-state index contributed by atoms with van der Waals surface area (Å²) >= 11 is 6.10. The number of hydrogen-bond donors (Lipinski definition) is 0. The second-order valence-electron chi connectivity index (χ2n) is 8.28. The van der Waals surface area contributed by atoms with Gasteiger partial charge < -0.3 is 0 Å². The Labute approximate surface area is 208 Å². The summed E-state index contributed by atoms with van der Waals surface area (Å²) in [5.41, 5.74) is 5.13. The van der Waals surface area contributed by atoms with Crippen molar-refractivity contribution in [2.24, 2.45) is 0 Å². The Kier molecular flexibility index (Phi) is 5.53. The predicted octanol–water partition coefficient (Wildman–Crippen LogP) is 8.35. The molecule has 3 nitrogen and oxygen atoms in total. The van der Waals surface area contributed by atoms with Gasteiger partial charge in [0.25, 0.3) is 0 Å². The summed E-state index contributed by atoms with van der Waals surface area (Å²) in [5.74, 6) is 1.88. The van der Waals surface area contributed by atoms with Crippen molar-refractivity contribution in [2.45, 2.75) is 0 Å². The molecule has 0 saturated carbocycles. The van der Waals surface area contributed by atoms with Crippen molar-refractivity contribution >= 4 is 22.4 Å². The fourth-order valence-corrected chi connectivity index (χ4v) is 4.35. The van der Waals surface area contributed by atoms with Crippen LogP contribution in [-0.4, -0.2) is 15.0 Å². The van der Waals surface area contributed by atoms with E-state index in [9.17, 15) is 0 Å². The van der Waals surface area contributed by atoms with Gasteiger partial charge in [0, 0.05) is 21.7 Å². The molecule has 0 N–H and O–H groups in total. The predicted molar refractivity (Wildman–Crippen MR) is 144 cm³/mol. The molecular weight excluding hydrogens is 450 g/mol. The Morgan fingerprint density at radius 2 is 0.886 bits per heavy atom. The number of nitrogens with zero attached hydrogens (tertiary/aromatic N) is 3. The minimum atomic E-state index is 0.614. The summed E-state index contributed by atoms with van der Waals surface area (Å²) in [4.78, 5) is 14.4. The van der Waals surface area contributed by atoms with Crippen LogP contribution >= 0.6 is 11.6 Å². The van der Waals surface area contributed by atoms with Crippen LogP contribution in [0, 0.1) is 0 Å². The molecule has 0 aliphatic heterocycles. The second-order valence-corrected chi connectivity index (χ2v) is 8.72. The number of hydrogen-bond acceptors (Lipinski definition) is 3. The molecule has 0 aliphatic carbocycles. The van der Waals surface area contributed by atoms with E-state index in [1.165, 1.54) is 16.3 Å². The molecule has 0 saturated heterocycles. The van der Waals surface area contributed by atoms with Gasteiger partial charge in [-0.05, 0) is 46.2 Å². The van der Waals surface area contributed by atoms with Gasteiger partial charge in [-0.3, -0.25) is 0 Å². The summed E-state index contributed by atoms with van der Waals surface area (Å²) in [7, 11) is 0. The van der Waals surface area contributed by atoms with E-state index in [0.717, 1.165) is 22.3 Å². The molecule has 0 bridgehead atoms. The van der Waals surface area contributed by atoms with E-state index in [4.69, 9.17) is 26.6 Å². The van der Waals surface area contributed by atoms with Gasteiger partial charge in [-0.2, -0.15) is 0 Å². The number of rotatable bonds is 4. The smallest absolute Gasteiger partial charge is 0.164 e. The quantitative estimate of drug-likeness (QED) is 0.260. The highest BCUT2D eigenvalue weighted by atomic mass is 35.5. The first-order valence-electron chi connectivity index (χ1n) is 11.4. The van der Waals surface area contributed by atoms with Crippen molar-refractivity contribution in [3.8, 4) is 45.3 Å². The minimum absolute atomic E-state index is 0.614. The lowest BCUT2D eigenvalue weighted by molar-refractivity contribution is 1.07. The average molecular weight is 470 g/mol. The van der Waals surface area contributed by atoms with Gasteiger partial charge in [0.05, 0.1) is 0 Å². The zero-order chi connectivity index (χ0) is 23.6. The minimum Gasteiger partial charge on any atom is -0.208 e. The zero-order valence-corrected chi connectivity index (χ0v) is 19.5. The van der Waals surface area contributed by atoms with Crippen LogP contribution in [0.5, 0.6) is 0 Å². The molecule has 35 heavy (non-hydrogen) atoms. The van der Waals surface area contributed by atoms with E-state index >= 15 is 0 Å². The Balaban J connectivity index is 1.45. The van der Waals surface area contributed by atoms with E-state index < -0.39 is 0 Å². The first-order valence-corrected chi connectivity index (χ1v) is 11.8. The van der Waals surface area contributed by atoms with Crippen molar-refractivity contribution in [3.05, 3.63) is 126 Å². The topological polar surface area (TPSA) is 38.7 Å². The fourth-order valence-electron chi connectivity index (χ4n) is 4.23. The molecule has 6 rings (SSSR count). The first-order chi connectivity index (χ1) is 17.2. The van der Waals surface area contributed by atoms with Crippen LogP contribution in [0.3, 0.4) is 0 Å². The van der Waals surface area contributed by atoms with Crippen LogP contribution < -0.4 is 0 Å². The second kappa shape index (κ2) is 9.13. The normalized spacial score (nSPS) is 11.0. The average Bonchev–Trinajstić information content (AvgIpc) is 2.93. The highest BCUT2D eigenvalue weighted by Crippen LogP contribution is 2.31. The van der Waals surface area contributed by atoms with E-state index in [0.29, 0.717) is 22.5 Å². The van der Waals surface area contributed by atoms with Gasteiger partial charge in [0.1, 0.15) is 0 Å². The lowest BCUT2D eigenvalue weighted by Gasteiger charge is -2.10. The highest BCUT2D eigenvalue weighted by Gasteiger charge is 2.13. The molecular formula is C31H20ClN3. The highest BCUT2D eigenvalue weighted by molar-refractivity contribution is 6.30. The summed E-state index contributed by atoms with van der Waals surface area (Å²) in [6, 6.07) is 40.8. The molecule has 1 aromatic heterocycles. The SMILES string of the molecule is Clc1ccc(-c2nc(-c3ccccc3)nc(-c3ccc(-c4cccc5ccccc45)cc3)n2)cc1. The number of halogens is 1. The molecule has 1 heterocycles. The van der Waals surface area contributed by atoms with Gasteiger partial charge in [-0.15, -0.1) is 0 Å². The molecule has 4 heteroatoms. The van der Waals surface area contributed by atoms with Crippen LogP contribution in [0.25, 0.3) is 56.1 Å². The van der Waals surface area contributed by atoms with E-state index in [1.54, 1.807) is 0 Å². The third-order valence-electron chi connectivity index (χ3n) is 6.01. The molecule has 0 unspecified atom stereocenters. The molecule has 6 aromatic rings. The summed E-state index contributed by atoms with van der Waals surface area (Å²) in [6.07, 6.45) is 0. The molecule has 0 aliphatic rings. The molecule has 166 valence electrons. The number of fused-ring (bicyclic) bond motifs is 1. The van der Waals surface area contributed by atoms with Crippen LogP contribution in [0.1, 0.15) is 0 Å². The van der Waals surface area contributed by atoms with Gasteiger partial charge >= 0.3 is 0 Å². The maximum atomic E-state index is 6.10. The van der Waals surface area contributed by atoms with Gasteiger partial charge in [-0.1, -0.05) is 109 Å². The third kappa shape index (κ3) is 4.30. The lowest BCUT2D eigenvalue weighted by Crippen LogP contribution is -2.00. The number of benzene rings is 5. The van der Waals surface area contributed by atoms with Crippen molar-refractivity contribution in [3.63, 3.8) is 0 Å². The first kappa shape index (κ1) is 21.2. The zero-order valence-electron chi connectivity index (χ0n) is 18.8. The van der Waals surface area contributed by atoms with Crippen molar-refractivity contribution in [1.29, 1.82) is 0 Å². The van der Waals surface area contributed by atoms with Crippen LogP contribution in [0.4, 0.5) is 0 Å². The van der Waals surface area contributed by atoms with Crippen molar-refractivity contribution in [1.82, 2.24) is 15.0 Å². The summed E-state index contributed by atoms with van der Waals surface area (Å²) in [5, 5.41) is 3.14. The monoisotopic (exact) mass is 469 g/mol. The van der Waals surface area contributed by atoms with E-state index in [-0.39, 0.29) is 0 Å². The molecule has 0 atom stereocenters. The Morgan fingerprint density at radius 1 is 0.400 bits per heavy atom. The largest absolute Gasteiger partial charge is 0.208 e. The summed E-state index contributed by atoms with van der Waals surface area (Å²) in [6.45, 7) is 0. The van der Waals surface area contributed by atoms with E-state index in [1.807, 2.05) is 54.6 Å². The van der Waals surface area contributed by atoms with Crippen molar-refractivity contribution in [2.75, 3.05) is 0 Å². The Hall–Kier alpha value is -4.34. The van der Waals surface area contributed by atoms with E-state index in [2.05, 4.69) is 66.7 Å². The summed E-state index contributed by atoms with van der Waals surface area (Å²) < 4.78 is 0. The van der Waals surface area contributed by atoms with Crippen LogP contribution in [-0.2, 0) is 0 Å². The Bertz CT molecular complexity index is 1620. The third-order valence-corrected chi connectivity index (χ3v) is 6.27. The van der Waals surface area contributed by atoms with Crippen LogP contribution in [0.2, 0.25) is 5.02 Å². The lowest BCUT2D eigenvalue weighted by atomic mass is 9.97. The fraction of sp³-hybridized carbons (Fsp3) is 0. The maximum absolute atomic E-state index is 6.10.